The van der Waals surface area contributed by atoms with Gasteiger partial charge >= 0.3 is 0 Å². The number of benzene rings is 2. The summed E-state index contributed by atoms with van der Waals surface area (Å²) in [5, 5.41) is 11.2. The Kier molecular flexibility index (Phi) is 3.97. The Morgan fingerprint density at radius 3 is 2.64 bits per heavy atom. The first kappa shape index (κ1) is 15.8. The number of aromatic nitrogens is 3. The summed E-state index contributed by atoms with van der Waals surface area (Å²) in [6, 6.07) is 18.1. The molecule has 128 valence electrons. The van der Waals surface area contributed by atoms with Gasteiger partial charge in [-0.1, -0.05) is 47.7 Å². The molecular weight excluding hydrogens is 314 g/mol. The number of para-hydroxylation sites is 1. The van der Waals surface area contributed by atoms with E-state index in [-0.39, 0.29) is 23.9 Å². The second-order valence-electron chi connectivity index (χ2n) is 6.76. The summed E-state index contributed by atoms with van der Waals surface area (Å²) in [5.41, 5.74) is 8.93. The van der Waals surface area contributed by atoms with E-state index < -0.39 is 0 Å². The predicted octanol–water partition coefficient (Wildman–Crippen LogP) is 1.61. The van der Waals surface area contributed by atoms with Gasteiger partial charge in [-0.05, 0) is 30.5 Å². The van der Waals surface area contributed by atoms with Gasteiger partial charge in [0.1, 0.15) is 12.1 Å². The molecule has 1 saturated carbocycles. The van der Waals surface area contributed by atoms with E-state index in [1.165, 1.54) is 5.56 Å². The Morgan fingerprint density at radius 1 is 1.16 bits per heavy atom. The highest BCUT2D eigenvalue weighted by atomic mass is 16.2. The van der Waals surface area contributed by atoms with Crippen LogP contribution in [0.3, 0.4) is 0 Å². The molecule has 0 atom stereocenters. The summed E-state index contributed by atoms with van der Waals surface area (Å²) >= 11 is 0. The minimum absolute atomic E-state index is 0.0147. The Balaban J connectivity index is 1.38. The zero-order valence-electron chi connectivity index (χ0n) is 13.9. The minimum atomic E-state index is -0.0423. The first-order chi connectivity index (χ1) is 12.2. The zero-order valence-corrected chi connectivity index (χ0v) is 13.9. The molecule has 1 aromatic heterocycles. The molecule has 3 aromatic rings. The maximum Gasteiger partial charge on any atom is 0.242 e. The minimum Gasteiger partial charge on any atom is -0.352 e. The topological polar surface area (TPSA) is 85.8 Å². The molecular formula is C19H21N5O. The van der Waals surface area contributed by atoms with Gasteiger partial charge in [-0.2, -0.15) is 0 Å². The van der Waals surface area contributed by atoms with Crippen LogP contribution in [-0.4, -0.2) is 33.5 Å². The largest absolute Gasteiger partial charge is 0.352 e. The van der Waals surface area contributed by atoms with Crippen LogP contribution >= 0.6 is 0 Å². The molecule has 6 nitrogen and oxygen atoms in total. The molecule has 4 rings (SSSR count). The van der Waals surface area contributed by atoms with E-state index in [1.807, 2.05) is 42.5 Å². The third-order valence-corrected chi connectivity index (χ3v) is 5.13. The van der Waals surface area contributed by atoms with Crippen LogP contribution in [0, 0.1) is 0 Å². The number of nitrogens with two attached hydrogens (primary N) is 1. The van der Waals surface area contributed by atoms with Gasteiger partial charge in [-0.15, -0.1) is 5.10 Å². The second kappa shape index (κ2) is 6.29. The molecule has 0 saturated heterocycles. The summed E-state index contributed by atoms with van der Waals surface area (Å²) < 4.78 is 1.64. The highest BCUT2D eigenvalue weighted by Crippen LogP contribution is 2.43. The van der Waals surface area contributed by atoms with Gasteiger partial charge in [0, 0.05) is 18.0 Å². The number of carbonyl (C=O) groups excluding carboxylic acids is 1. The van der Waals surface area contributed by atoms with E-state index in [2.05, 4.69) is 27.8 Å². The van der Waals surface area contributed by atoms with Crippen LogP contribution in [0.25, 0.3) is 11.0 Å². The van der Waals surface area contributed by atoms with E-state index in [0.29, 0.717) is 6.54 Å². The number of nitrogens with one attached hydrogen (secondary N) is 1. The fourth-order valence-corrected chi connectivity index (χ4v) is 3.74. The molecule has 0 unspecified atom stereocenters. The van der Waals surface area contributed by atoms with Crippen molar-refractivity contribution in [1.82, 2.24) is 20.3 Å². The molecule has 1 heterocycles. The SMILES string of the molecule is NCC1(c2ccccc2)CC(NC(=O)Cn2nnc3ccccc32)C1. The van der Waals surface area contributed by atoms with E-state index >= 15 is 0 Å². The lowest BCUT2D eigenvalue weighted by Gasteiger charge is -2.47. The van der Waals surface area contributed by atoms with Gasteiger partial charge < -0.3 is 11.1 Å². The van der Waals surface area contributed by atoms with E-state index in [4.69, 9.17) is 5.73 Å². The van der Waals surface area contributed by atoms with E-state index in [9.17, 15) is 4.79 Å². The first-order valence-electron chi connectivity index (χ1n) is 8.53. The third-order valence-electron chi connectivity index (χ3n) is 5.13. The quantitative estimate of drug-likeness (QED) is 0.742. The van der Waals surface area contributed by atoms with Crippen molar-refractivity contribution in [3.63, 3.8) is 0 Å². The second-order valence-corrected chi connectivity index (χ2v) is 6.76. The van der Waals surface area contributed by atoms with E-state index in [1.54, 1.807) is 4.68 Å². The van der Waals surface area contributed by atoms with Gasteiger partial charge in [-0.25, -0.2) is 4.68 Å². The maximum atomic E-state index is 12.4. The number of amides is 1. The van der Waals surface area contributed by atoms with Crippen molar-refractivity contribution in [1.29, 1.82) is 0 Å². The fourth-order valence-electron chi connectivity index (χ4n) is 3.74. The standard InChI is InChI=1S/C19H21N5O/c20-13-19(14-6-2-1-3-7-14)10-15(11-19)21-18(25)12-24-17-9-5-4-8-16(17)22-23-24/h1-9,15H,10-13,20H2,(H,21,25). The first-order valence-corrected chi connectivity index (χ1v) is 8.53. The van der Waals surface area contributed by atoms with Crippen molar-refractivity contribution >= 4 is 16.9 Å². The smallest absolute Gasteiger partial charge is 0.242 e. The van der Waals surface area contributed by atoms with Gasteiger partial charge in [0.25, 0.3) is 0 Å². The van der Waals surface area contributed by atoms with Crippen molar-refractivity contribution in [2.75, 3.05) is 6.54 Å². The lowest BCUT2D eigenvalue weighted by Crippen LogP contribution is -2.56. The highest BCUT2D eigenvalue weighted by molar-refractivity contribution is 5.80. The molecule has 1 amide bonds. The van der Waals surface area contributed by atoms with Crippen LogP contribution < -0.4 is 11.1 Å². The molecule has 0 bridgehead atoms. The third kappa shape index (κ3) is 2.89. The lowest BCUT2D eigenvalue weighted by atomic mass is 9.61. The zero-order chi connectivity index (χ0) is 17.3. The van der Waals surface area contributed by atoms with Crippen LogP contribution in [0.4, 0.5) is 0 Å². The van der Waals surface area contributed by atoms with Crippen molar-refractivity contribution in [2.24, 2.45) is 5.73 Å². The summed E-state index contributed by atoms with van der Waals surface area (Å²) in [7, 11) is 0. The van der Waals surface area contributed by atoms with Crippen LogP contribution in [0.1, 0.15) is 18.4 Å². The van der Waals surface area contributed by atoms with Gasteiger partial charge in [0.05, 0.1) is 5.52 Å². The summed E-state index contributed by atoms with van der Waals surface area (Å²) in [5.74, 6) is -0.0423. The molecule has 0 radical (unpaired) electrons. The Bertz CT molecular complexity index is 883. The van der Waals surface area contributed by atoms with Gasteiger partial charge in [-0.3, -0.25) is 4.79 Å². The molecule has 0 aliphatic heterocycles. The number of rotatable bonds is 5. The van der Waals surface area contributed by atoms with Crippen LogP contribution in [0.2, 0.25) is 0 Å². The molecule has 3 N–H and O–H groups in total. The Labute approximate surface area is 146 Å². The molecule has 0 spiro atoms. The number of carbonyl (C=O) groups is 1. The summed E-state index contributed by atoms with van der Waals surface area (Å²) in [6.45, 7) is 0.773. The predicted molar refractivity (Wildman–Crippen MR) is 95.9 cm³/mol. The Morgan fingerprint density at radius 2 is 1.88 bits per heavy atom. The summed E-state index contributed by atoms with van der Waals surface area (Å²) in [4.78, 5) is 12.4. The Hall–Kier alpha value is -2.73. The molecule has 6 heteroatoms. The van der Waals surface area contributed by atoms with Crippen molar-refractivity contribution in [2.45, 2.75) is 30.8 Å². The molecule has 1 aliphatic rings. The maximum absolute atomic E-state index is 12.4. The molecule has 25 heavy (non-hydrogen) atoms. The monoisotopic (exact) mass is 335 g/mol. The number of nitrogens with zero attached hydrogens (tertiary/aromatic N) is 3. The fraction of sp³-hybridized carbons (Fsp3) is 0.316. The average molecular weight is 335 g/mol. The van der Waals surface area contributed by atoms with Crippen molar-refractivity contribution < 1.29 is 4.79 Å². The van der Waals surface area contributed by atoms with Gasteiger partial charge in [0.2, 0.25) is 5.91 Å². The number of fused-ring (bicyclic) bond motifs is 1. The van der Waals surface area contributed by atoms with Crippen LogP contribution in [-0.2, 0) is 16.8 Å². The molecule has 2 aromatic carbocycles. The highest BCUT2D eigenvalue weighted by Gasteiger charge is 2.44. The van der Waals surface area contributed by atoms with E-state index in [0.717, 1.165) is 23.9 Å². The van der Waals surface area contributed by atoms with Crippen LogP contribution in [0.15, 0.2) is 54.6 Å². The van der Waals surface area contributed by atoms with Gasteiger partial charge in [0.15, 0.2) is 0 Å². The normalized spacial score (nSPS) is 22.5. The van der Waals surface area contributed by atoms with Crippen LogP contribution in [0.5, 0.6) is 0 Å². The lowest BCUT2D eigenvalue weighted by molar-refractivity contribution is -0.123. The average Bonchev–Trinajstić information content (AvgIpc) is 3.01. The molecule has 1 aliphatic carbocycles. The summed E-state index contributed by atoms with van der Waals surface area (Å²) in [6.07, 6.45) is 1.74. The number of hydrogen-bond acceptors (Lipinski definition) is 4. The van der Waals surface area contributed by atoms with Crippen molar-refractivity contribution in [3.8, 4) is 0 Å². The number of hydrogen-bond donors (Lipinski definition) is 2. The molecule has 1 fully saturated rings. The van der Waals surface area contributed by atoms with Crippen molar-refractivity contribution in [3.05, 3.63) is 60.2 Å².